The smallest absolute Gasteiger partial charge is 0.293 e. The molecule has 1 N–H and O–H groups in total. The molecule has 0 amide bonds. The summed E-state index contributed by atoms with van der Waals surface area (Å²) in [5.74, 6) is 0. The molecule has 2 unspecified atom stereocenters. The van der Waals surface area contributed by atoms with Gasteiger partial charge in [0.05, 0.1) is 22.7 Å². The van der Waals surface area contributed by atoms with Gasteiger partial charge < -0.3 is 9.84 Å². The predicted molar refractivity (Wildman–Crippen MR) is 54.8 cm³/mol. The molecule has 86 valence electrons. The van der Waals surface area contributed by atoms with Crippen LogP contribution >= 0.6 is 0 Å². The van der Waals surface area contributed by atoms with E-state index in [9.17, 15) is 15.2 Å². The number of pyridine rings is 1. The van der Waals surface area contributed by atoms with E-state index in [0.717, 1.165) is 0 Å². The second-order valence-electron chi connectivity index (χ2n) is 3.73. The maximum atomic E-state index is 10.8. The van der Waals surface area contributed by atoms with Gasteiger partial charge in [0.2, 0.25) is 0 Å². The van der Waals surface area contributed by atoms with Crippen LogP contribution < -0.4 is 0 Å². The Labute approximate surface area is 92.0 Å². The SMILES string of the molecule is O=[N+]([O-])c1cnccc1C1CC(O)CCO1. The summed E-state index contributed by atoms with van der Waals surface area (Å²) in [7, 11) is 0. The van der Waals surface area contributed by atoms with Gasteiger partial charge in [-0.3, -0.25) is 15.1 Å². The van der Waals surface area contributed by atoms with Crippen LogP contribution in [0.25, 0.3) is 0 Å². The number of rotatable bonds is 2. The average Bonchev–Trinajstić information content (AvgIpc) is 2.29. The first-order chi connectivity index (χ1) is 7.68. The van der Waals surface area contributed by atoms with Gasteiger partial charge in [-0.15, -0.1) is 0 Å². The molecule has 0 radical (unpaired) electrons. The minimum absolute atomic E-state index is 0.0541. The Morgan fingerprint density at radius 1 is 1.62 bits per heavy atom. The van der Waals surface area contributed by atoms with Crippen molar-refractivity contribution in [3.05, 3.63) is 34.1 Å². The predicted octanol–water partition coefficient (Wildman–Crippen LogP) is 1.20. The third-order valence-electron chi connectivity index (χ3n) is 2.63. The number of hydrogen-bond donors (Lipinski definition) is 1. The van der Waals surface area contributed by atoms with E-state index >= 15 is 0 Å². The summed E-state index contributed by atoms with van der Waals surface area (Å²) in [6.45, 7) is 0.422. The fourth-order valence-corrected chi connectivity index (χ4v) is 1.82. The van der Waals surface area contributed by atoms with Gasteiger partial charge in [-0.2, -0.15) is 0 Å². The molecular weight excluding hydrogens is 212 g/mol. The van der Waals surface area contributed by atoms with Gasteiger partial charge in [0.1, 0.15) is 6.20 Å². The number of ether oxygens (including phenoxy) is 1. The zero-order chi connectivity index (χ0) is 11.5. The molecule has 1 aliphatic heterocycles. The molecular formula is C10H12N2O4. The number of nitro groups is 1. The molecule has 0 aromatic carbocycles. The molecule has 1 fully saturated rings. The first-order valence-electron chi connectivity index (χ1n) is 5.06. The van der Waals surface area contributed by atoms with Gasteiger partial charge in [-0.05, 0) is 12.5 Å². The number of aliphatic hydroxyl groups excluding tert-OH is 1. The third-order valence-corrected chi connectivity index (χ3v) is 2.63. The zero-order valence-corrected chi connectivity index (χ0v) is 8.57. The lowest BCUT2D eigenvalue weighted by molar-refractivity contribution is -0.386. The molecule has 6 heteroatoms. The number of aromatic nitrogens is 1. The fraction of sp³-hybridized carbons (Fsp3) is 0.500. The molecule has 2 rings (SSSR count). The lowest BCUT2D eigenvalue weighted by Crippen LogP contribution is -2.23. The van der Waals surface area contributed by atoms with E-state index in [1.54, 1.807) is 6.07 Å². The van der Waals surface area contributed by atoms with Crippen molar-refractivity contribution in [3.63, 3.8) is 0 Å². The van der Waals surface area contributed by atoms with Crippen LogP contribution in [0.5, 0.6) is 0 Å². The van der Waals surface area contributed by atoms with Crippen LogP contribution in [0.15, 0.2) is 18.5 Å². The Hall–Kier alpha value is -1.53. The molecule has 1 saturated heterocycles. The van der Waals surface area contributed by atoms with Crippen LogP contribution in [0.1, 0.15) is 24.5 Å². The maximum Gasteiger partial charge on any atom is 0.293 e. The minimum atomic E-state index is -0.479. The Morgan fingerprint density at radius 3 is 3.12 bits per heavy atom. The van der Waals surface area contributed by atoms with Crippen LogP contribution in [-0.4, -0.2) is 27.7 Å². The third kappa shape index (κ3) is 2.17. The van der Waals surface area contributed by atoms with Crippen molar-refractivity contribution in [2.24, 2.45) is 0 Å². The molecule has 2 heterocycles. The van der Waals surface area contributed by atoms with Crippen LogP contribution in [0.4, 0.5) is 5.69 Å². The van der Waals surface area contributed by atoms with Crippen molar-refractivity contribution < 1.29 is 14.8 Å². The van der Waals surface area contributed by atoms with E-state index < -0.39 is 17.1 Å². The Kier molecular flexibility index (Phi) is 3.12. The van der Waals surface area contributed by atoms with Gasteiger partial charge >= 0.3 is 0 Å². The first kappa shape index (κ1) is 11.0. The Bertz CT molecular complexity index is 396. The van der Waals surface area contributed by atoms with Crippen LogP contribution in [-0.2, 0) is 4.74 Å². The van der Waals surface area contributed by atoms with Crippen molar-refractivity contribution in [2.45, 2.75) is 25.0 Å². The Morgan fingerprint density at radius 2 is 2.44 bits per heavy atom. The van der Waals surface area contributed by atoms with Crippen molar-refractivity contribution >= 4 is 5.69 Å². The van der Waals surface area contributed by atoms with Gasteiger partial charge in [0.15, 0.2) is 0 Å². The minimum Gasteiger partial charge on any atom is -0.393 e. The van der Waals surface area contributed by atoms with E-state index in [2.05, 4.69) is 4.98 Å². The summed E-state index contributed by atoms with van der Waals surface area (Å²) in [4.78, 5) is 14.0. The van der Waals surface area contributed by atoms with E-state index in [4.69, 9.17) is 4.74 Å². The molecule has 1 aromatic rings. The summed E-state index contributed by atoms with van der Waals surface area (Å²) in [5.41, 5.74) is 0.431. The van der Waals surface area contributed by atoms with Crippen LogP contribution in [0.3, 0.4) is 0 Å². The summed E-state index contributed by atoms with van der Waals surface area (Å²) >= 11 is 0. The molecule has 1 aromatic heterocycles. The second-order valence-corrected chi connectivity index (χ2v) is 3.73. The largest absolute Gasteiger partial charge is 0.393 e. The highest BCUT2D eigenvalue weighted by atomic mass is 16.6. The van der Waals surface area contributed by atoms with Gasteiger partial charge in [0, 0.05) is 19.2 Å². The quantitative estimate of drug-likeness (QED) is 0.602. The lowest BCUT2D eigenvalue weighted by atomic mass is 9.99. The van der Waals surface area contributed by atoms with Crippen LogP contribution in [0.2, 0.25) is 0 Å². The maximum absolute atomic E-state index is 10.8. The van der Waals surface area contributed by atoms with Crippen molar-refractivity contribution in [1.29, 1.82) is 0 Å². The highest BCUT2D eigenvalue weighted by molar-refractivity contribution is 5.38. The van der Waals surface area contributed by atoms with E-state index in [1.165, 1.54) is 12.4 Å². The molecule has 6 nitrogen and oxygen atoms in total. The molecule has 16 heavy (non-hydrogen) atoms. The van der Waals surface area contributed by atoms with E-state index in [-0.39, 0.29) is 5.69 Å². The summed E-state index contributed by atoms with van der Waals surface area (Å²) in [6.07, 6.45) is 2.81. The summed E-state index contributed by atoms with van der Waals surface area (Å²) < 4.78 is 5.43. The normalized spacial score (nSPS) is 25.3. The van der Waals surface area contributed by atoms with Gasteiger partial charge in [-0.1, -0.05) is 0 Å². The molecule has 0 spiro atoms. The fourth-order valence-electron chi connectivity index (χ4n) is 1.82. The van der Waals surface area contributed by atoms with Gasteiger partial charge in [-0.25, -0.2) is 0 Å². The first-order valence-corrected chi connectivity index (χ1v) is 5.06. The highest BCUT2D eigenvalue weighted by Gasteiger charge is 2.28. The van der Waals surface area contributed by atoms with E-state index in [1.807, 2.05) is 0 Å². The van der Waals surface area contributed by atoms with Crippen molar-refractivity contribution in [1.82, 2.24) is 4.98 Å². The van der Waals surface area contributed by atoms with Crippen molar-refractivity contribution in [2.75, 3.05) is 6.61 Å². The topological polar surface area (TPSA) is 85.5 Å². The monoisotopic (exact) mass is 224 g/mol. The second kappa shape index (κ2) is 4.54. The standard InChI is InChI=1S/C10H12N2O4/c13-7-2-4-16-10(5-7)8-1-3-11-6-9(8)12(14)15/h1,3,6-7,10,13H,2,4-5H2. The number of hydrogen-bond acceptors (Lipinski definition) is 5. The highest BCUT2D eigenvalue weighted by Crippen LogP contribution is 2.33. The number of nitrogens with zero attached hydrogens (tertiary/aromatic N) is 2. The summed E-state index contributed by atoms with van der Waals surface area (Å²) in [6, 6.07) is 1.57. The number of aliphatic hydroxyl groups is 1. The van der Waals surface area contributed by atoms with Crippen molar-refractivity contribution in [3.8, 4) is 0 Å². The molecule has 1 aliphatic rings. The van der Waals surface area contributed by atoms with E-state index in [0.29, 0.717) is 25.0 Å². The van der Waals surface area contributed by atoms with Gasteiger partial charge in [0.25, 0.3) is 5.69 Å². The average molecular weight is 224 g/mol. The van der Waals surface area contributed by atoms with Crippen LogP contribution in [0, 0.1) is 10.1 Å². The molecule has 0 saturated carbocycles. The Balaban J connectivity index is 2.28. The molecule has 0 aliphatic carbocycles. The lowest BCUT2D eigenvalue weighted by Gasteiger charge is -2.26. The molecule has 2 atom stereocenters. The summed E-state index contributed by atoms with van der Waals surface area (Å²) in [5, 5.41) is 20.3. The zero-order valence-electron chi connectivity index (χ0n) is 8.57. The molecule has 0 bridgehead atoms.